The number of nitrogens with two attached hydrogens (primary N) is 1. The Balaban J connectivity index is 3.60. The minimum atomic E-state index is 0.0810. The molecule has 0 aromatic rings. The van der Waals surface area contributed by atoms with Gasteiger partial charge in [0.25, 0.3) is 0 Å². The van der Waals surface area contributed by atoms with Gasteiger partial charge in [-0.05, 0) is 0 Å². The van der Waals surface area contributed by atoms with Crippen LogP contribution in [0.2, 0.25) is 0 Å². The van der Waals surface area contributed by atoms with E-state index in [4.69, 9.17) is 11.3 Å². The van der Waals surface area contributed by atoms with E-state index in [1.807, 2.05) is 0 Å². The second-order valence-electron chi connectivity index (χ2n) is 0.647. The van der Waals surface area contributed by atoms with Gasteiger partial charge in [-0.3, -0.25) is 0 Å². The van der Waals surface area contributed by atoms with Crippen molar-refractivity contribution in [1.82, 2.24) is 0 Å². The molecule has 0 aliphatic heterocycles. The SMILES string of the molecule is [N-]=[N+]=CC(N)=S. The van der Waals surface area contributed by atoms with Gasteiger partial charge in [-0.25, -0.2) is 0 Å². The van der Waals surface area contributed by atoms with Crippen molar-refractivity contribution in [1.29, 1.82) is 0 Å². The van der Waals surface area contributed by atoms with Crippen molar-refractivity contribution in [2.45, 2.75) is 0 Å². The van der Waals surface area contributed by atoms with E-state index in [1.165, 1.54) is 0 Å². The molecule has 0 heterocycles. The number of thiocarbonyl (C=S) groups is 1. The Morgan fingerprint density at radius 3 is 2.50 bits per heavy atom. The quantitative estimate of drug-likeness (QED) is 0.211. The monoisotopic (exact) mass is 101 g/mol. The first-order valence-corrected chi connectivity index (χ1v) is 1.65. The summed E-state index contributed by atoms with van der Waals surface area (Å²) in [5.74, 6) is 0. The molecular weight excluding hydrogens is 98.1 g/mol. The Hall–Kier alpha value is -0.730. The van der Waals surface area contributed by atoms with Gasteiger partial charge in [0.05, 0.1) is 0 Å². The smallest absolute Gasteiger partial charge is 0.314 e. The highest BCUT2D eigenvalue weighted by molar-refractivity contribution is 7.81. The van der Waals surface area contributed by atoms with Crippen LogP contribution in [0.15, 0.2) is 0 Å². The molecule has 4 heteroatoms. The van der Waals surface area contributed by atoms with Crippen LogP contribution >= 0.6 is 12.2 Å². The molecule has 0 bridgehead atoms. The summed E-state index contributed by atoms with van der Waals surface area (Å²) in [6, 6.07) is 0. The van der Waals surface area contributed by atoms with Crippen molar-refractivity contribution >= 4 is 23.4 Å². The zero-order valence-electron chi connectivity index (χ0n) is 2.96. The largest absolute Gasteiger partial charge is 0.384 e. The van der Waals surface area contributed by atoms with Crippen LogP contribution in [0, 0.1) is 0 Å². The number of rotatable bonds is 1. The highest BCUT2D eigenvalue weighted by atomic mass is 32.1. The zero-order valence-corrected chi connectivity index (χ0v) is 3.77. The molecule has 0 saturated carbocycles. The predicted octanol–water partition coefficient (Wildman–Crippen LogP) is -0.427. The van der Waals surface area contributed by atoms with Gasteiger partial charge in [0.1, 0.15) is 0 Å². The summed E-state index contributed by atoms with van der Waals surface area (Å²) in [7, 11) is 0. The minimum Gasteiger partial charge on any atom is -0.384 e. The summed E-state index contributed by atoms with van der Waals surface area (Å²) >= 11 is 4.26. The molecule has 2 N–H and O–H groups in total. The maximum absolute atomic E-state index is 7.64. The normalized spacial score (nSPS) is 6.00. The lowest BCUT2D eigenvalue weighted by atomic mass is 10.8. The van der Waals surface area contributed by atoms with E-state index in [1.54, 1.807) is 0 Å². The van der Waals surface area contributed by atoms with E-state index in [0.29, 0.717) is 0 Å². The Morgan fingerprint density at radius 1 is 2.00 bits per heavy atom. The number of hydrogen-bond donors (Lipinski definition) is 1. The summed E-state index contributed by atoms with van der Waals surface area (Å²) in [4.78, 5) is 2.62. The van der Waals surface area contributed by atoms with Crippen molar-refractivity contribution in [2.24, 2.45) is 5.73 Å². The van der Waals surface area contributed by atoms with Crippen molar-refractivity contribution in [3.63, 3.8) is 0 Å². The highest BCUT2D eigenvalue weighted by Crippen LogP contribution is 1.47. The molecule has 0 saturated heterocycles. The molecule has 3 nitrogen and oxygen atoms in total. The molecule has 0 unspecified atom stereocenters. The standard InChI is InChI=1S/C2H3N3S/c3-2(6)1-5-4/h1H,(H2,3,6). The maximum Gasteiger partial charge on any atom is 0.314 e. The van der Waals surface area contributed by atoms with E-state index < -0.39 is 0 Å². The van der Waals surface area contributed by atoms with Gasteiger partial charge in [0, 0.05) is 0 Å². The molecular formula is C2H3N3S. The molecule has 0 aromatic heterocycles. The lowest BCUT2D eigenvalue weighted by Gasteiger charge is -1.62. The summed E-state index contributed by atoms with van der Waals surface area (Å²) < 4.78 is 0. The Labute approximate surface area is 40.4 Å². The average molecular weight is 101 g/mol. The first-order chi connectivity index (χ1) is 2.77. The van der Waals surface area contributed by atoms with Gasteiger partial charge in [-0.1, -0.05) is 12.2 Å². The first kappa shape index (κ1) is 5.27. The van der Waals surface area contributed by atoms with Gasteiger partial charge >= 0.3 is 6.21 Å². The molecule has 0 aliphatic carbocycles. The fourth-order valence-corrected chi connectivity index (χ4v) is 0.104. The Kier molecular flexibility index (Phi) is 2.20. The summed E-state index contributed by atoms with van der Waals surface area (Å²) in [6.07, 6.45) is 0.981. The van der Waals surface area contributed by atoms with Crippen molar-refractivity contribution in [2.75, 3.05) is 0 Å². The molecule has 0 rings (SSSR count). The molecule has 6 heavy (non-hydrogen) atoms. The average Bonchev–Trinajstić information content (AvgIpc) is 1.35. The van der Waals surface area contributed by atoms with Crippen LogP contribution in [0.4, 0.5) is 0 Å². The second-order valence-corrected chi connectivity index (χ2v) is 1.12. The molecule has 0 spiro atoms. The highest BCUT2D eigenvalue weighted by Gasteiger charge is 1.77. The van der Waals surface area contributed by atoms with Crippen molar-refractivity contribution in [3.05, 3.63) is 5.53 Å². The molecule has 0 radical (unpaired) electrons. The van der Waals surface area contributed by atoms with Crippen LogP contribution in [0.5, 0.6) is 0 Å². The van der Waals surface area contributed by atoms with E-state index in [0.717, 1.165) is 6.21 Å². The van der Waals surface area contributed by atoms with Crippen LogP contribution in [-0.2, 0) is 0 Å². The zero-order chi connectivity index (χ0) is 4.99. The molecule has 32 valence electrons. The Morgan fingerprint density at radius 2 is 2.50 bits per heavy atom. The third-order valence-electron chi connectivity index (χ3n) is 0.185. The third-order valence-corrected chi connectivity index (χ3v) is 0.290. The summed E-state index contributed by atoms with van der Waals surface area (Å²) in [5, 5.41) is 0. The Bertz CT molecular complexity index is 101. The molecule has 0 fully saturated rings. The lowest BCUT2D eigenvalue weighted by molar-refractivity contribution is 0.00669. The lowest BCUT2D eigenvalue weighted by Crippen LogP contribution is -2.08. The van der Waals surface area contributed by atoms with Gasteiger partial charge in [0.2, 0.25) is 0 Å². The topological polar surface area (TPSA) is 62.4 Å². The van der Waals surface area contributed by atoms with E-state index >= 15 is 0 Å². The molecule has 0 amide bonds. The van der Waals surface area contributed by atoms with E-state index in [-0.39, 0.29) is 4.99 Å². The second kappa shape index (κ2) is 2.50. The van der Waals surface area contributed by atoms with Gasteiger partial charge in [-0.15, -0.1) is 0 Å². The van der Waals surface area contributed by atoms with Crippen LogP contribution in [0.3, 0.4) is 0 Å². The fraction of sp³-hybridized carbons (Fsp3) is 0. The molecule has 0 atom stereocenters. The van der Waals surface area contributed by atoms with Gasteiger partial charge in [-0.2, -0.15) is 4.79 Å². The third kappa shape index (κ3) is 3.27. The van der Waals surface area contributed by atoms with Crippen LogP contribution < -0.4 is 5.73 Å². The van der Waals surface area contributed by atoms with Gasteiger partial charge in [0.15, 0.2) is 4.99 Å². The van der Waals surface area contributed by atoms with Crippen LogP contribution in [0.1, 0.15) is 0 Å². The maximum atomic E-state index is 7.64. The van der Waals surface area contributed by atoms with Crippen molar-refractivity contribution in [3.8, 4) is 0 Å². The van der Waals surface area contributed by atoms with E-state index in [9.17, 15) is 0 Å². The summed E-state index contributed by atoms with van der Waals surface area (Å²) in [6.45, 7) is 0. The minimum absolute atomic E-state index is 0.0810. The molecule has 0 aromatic carbocycles. The van der Waals surface area contributed by atoms with Crippen LogP contribution in [-0.4, -0.2) is 16.0 Å². The predicted molar refractivity (Wildman–Crippen MR) is 26.5 cm³/mol. The molecule has 0 aliphatic rings. The fourth-order valence-electron chi connectivity index (χ4n) is 0.0569. The number of hydrogen-bond acceptors (Lipinski definition) is 1. The summed E-state index contributed by atoms with van der Waals surface area (Å²) in [5.41, 5.74) is 12.5. The van der Waals surface area contributed by atoms with E-state index in [2.05, 4.69) is 17.0 Å². The van der Waals surface area contributed by atoms with Crippen LogP contribution in [0.25, 0.3) is 5.53 Å². The first-order valence-electron chi connectivity index (χ1n) is 1.24. The van der Waals surface area contributed by atoms with Gasteiger partial charge < -0.3 is 11.3 Å². The number of nitrogens with zero attached hydrogens (tertiary/aromatic N) is 2. The van der Waals surface area contributed by atoms with Crippen molar-refractivity contribution < 1.29 is 4.79 Å².